The van der Waals surface area contributed by atoms with Crippen molar-refractivity contribution in [2.75, 3.05) is 80.4 Å². The van der Waals surface area contributed by atoms with E-state index in [1.54, 1.807) is 0 Å². The van der Waals surface area contributed by atoms with Crippen molar-refractivity contribution in [1.82, 2.24) is 15.0 Å². The SMILES string of the molecule is C[C@H]1C[C@H](C)CN(c2nc(N3CCOCC3)nc(N3CCOCC3)n2)C1. The molecular formula is C18H30N6O2. The molecule has 1 aromatic rings. The summed E-state index contributed by atoms with van der Waals surface area (Å²) in [5, 5.41) is 0. The summed E-state index contributed by atoms with van der Waals surface area (Å²) in [6, 6.07) is 0. The molecule has 0 radical (unpaired) electrons. The van der Waals surface area contributed by atoms with Gasteiger partial charge >= 0.3 is 0 Å². The first kappa shape index (κ1) is 17.7. The first-order valence-corrected chi connectivity index (χ1v) is 9.85. The first-order valence-electron chi connectivity index (χ1n) is 9.85. The number of hydrogen-bond donors (Lipinski definition) is 0. The summed E-state index contributed by atoms with van der Waals surface area (Å²) < 4.78 is 11.0. The molecule has 1 aromatic heterocycles. The minimum Gasteiger partial charge on any atom is -0.378 e. The fourth-order valence-electron chi connectivity index (χ4n) is 4.12. The Morgan fingerprint density at radius 2 is 1.04 bits per heavy atom. The van der Waals surface area contributed by atoms with Crippen LogP contribution in [-0.2, 0) is 9.47 Å². The minimum atomic E-state index is 0.661. The molecule has 4 rings (SSSR count). The summed E-state index contributed by atoms with van der Waals surface area (Å²) in [7, 11) is 0. The van der Waals surface area contributed by atoms with Crippen molar-refractivity contribution in [1.29, 1.82) is 0 Å². The molecule has 0 saturated carbocycles. The van der Waals surface area contributed by atoms with Crippen LogP contribution in [0.1, 0.15) is 20.3 Å². The van der Waals surface area contributed by atoms with Crippen LogP contribution in [0, 0.1) is 11.8 Å². The zero-order valence-electron chi connectivity index (χ0n) is 15.9. The van der Waals surface area contributed by atoms with Crippen LogP contribution in [0.5, 0.6) is 0 Å². The molecule has 2 atom stereocenters. The molecule has 8 heteroatoms. The summed E-state index contributed by atoms with van der Waals surface area (Å²) in [5.74, 6) is 3.71. The second-order valence-electron chi connectivity index (χ2n) is 7.79. The van der Waals surface area contributed by atoms with Crippen LogP contribution in [-0.4, -0.2) is 80.6 Å². The molecule has 3 aliphatic heterocycles. The van der Waals surface area contributed by atoms with Gasteiger partial charge in [-0.25, -0.2) is 0 Å². The number of hydrogen-bond acceptors (Lipinski definition) is 8. The van der Waals surface area contributed by atoms with Crippen molar-refractivity contribution in [3.8, 4) is 0 Å². The van der Waals surface area contributed by atoms with Gasteiger partial charge < -0.3 is 24.2 Å². The highest BCUT2D eigenvalue weighted by atomic mass is 16.5. The lowest BCUT2D eigenvalue weighted by molar-refractivity contribution is 0.121. The van der Waals surface area contributed by atoms with E-state index in [0.717, 1.165) is 83.5 Å². The third-order valence-electron chi connectivity index (χ3n) is 5.34. The van der Waals surface area contributed by atoms with Gasteiger partial charge in [0.2, 0.25) is 17.8 Å². The second kappa shape index (κ2) is 7.92. The molecule has 0 spiro atoms. The highest BCUT2D eigenvalue weighted by molar-refractivity contribution is 5.47. The van der Waals surface area contributed by atoms with Gasteiger partial charge in [-0.2, -0.15) is 15.0 Å². The number of anilines is 3. The molecule has 144 valence electrons. The summed E-state index contributed by atoms with van der Waals surface area (Å²) in [6.45, 7) is 12.9. The summed E-state index contributed by atoms with van der Waals surface area (Å²) in [5.41, 5.74) is 0. The van der Waals surface area contributed by atoms with E-state index in [0.29, 0.717) is 11.8 Å². The third-order valence-corrected chi connectivity index (χ3v) is 5.34. The van der Waals surface area contributed by atoms with Crippen LogP contribution in [0.3, 0.4) is 0 Å². The molecule has 3 fully saturated rings. The van der Waals surface area contributed by atoms with E-state index in [1.807, 2.05) is 0 Å². The van der Waals surface area contributed by atoms with Crippen LogP contribution >= 0.6 is 0 Å². The van der Waals surface area contributed by atoms with Gasteiger partial charge in [0.05, 0.1) is 26.4 Å². The maximum Gasteiger partial charge on any atom is 0.232 e. The summed E-state index contributed by atoms with van der Waals surface area (Å²) in [4.78, 5) is 21.3. The Labute approximate surface area is 155 Å². The normalized spacial score (nSPS) is 27.7. The van der Waals surface area contributed by atoms with Crippen molar-refractivity contribution < 1.29 is 9.47 Å². The maximum absolute atomic E-state index is 5.49. The molecule has 0 N–H and O–H groups in total. The maximum atomic E-state index is 5.49. The first-order chi connectivity index (χ1) is 12.7. The lowest BCUT2D eigenvalue weighted by Crippen LogP contribution is -2.42. The average molecular weight is 362 g/mol. The second-order valence-corrected chi connectivity index (χ2v) is 7.79. The van der Waals surface area contributed by atoms with Crippen molar-refractivity contribution in [2.45, 2.75) is 20.3 Å². The van der Waals surface area contributed by atoms with Crippen LogP contribution in [0.15, 0.2) is 0 Å². The lowest BCUT2D eigenvalue weighted by Gasteiger charge is -2.36. The van der Waals surface area contributed by atoms with Gasteiger partial charge in [-0.05, 0) is 18.3 Å². The fraction of sp³-hybridized carbons (Fsp3) is 0.833. The Bertz CT molecular complexity index is 557. The fourth-order valence-corrected chi connectivity index (χ4v) is 4.12. The van der Waals surface area contributed by atoms with Crippen LogP contribution < -0.4 is 14.7 Å². The topological polar surface area (TPSA) is 66.9 Å². The smallest absolute Gasteiger partial charge is 0.232 e. The predicted octanol–water partition coefficient (Wildman–Crippen LogP) is 1.03. The van der Waals surface area contributed by atoms with Gasteiger partial charge in [0.1, 0.15) is 0 Å². The molecule has 8 nitrogen and oxygen atoms in total. The van der Waals surface area contributed by atoms with E-state index in [4.69, 9.17) is 24.4 Å². The molecule has 0 amide bonds. The number of morpholine rings is 2. The summed E-state index contributed by atoms with van der Waals surface area (Å²) in [6.07, 6.45) is 1.27. The largest absolute Gasteiger partial charge is 0.378 e. The number of aromatic nitrogens is 3. The molecule has 0 aliphatic carbocycles. The van der Waals surface area contributed by atoms with Gasteiger partial charge in [0, 0.05) is 39.3 Å². The van der Waals surface area contributed by atoms with Gasteiger partial charge in [-0.3, -0.25) is 0 Å². The van der Waals surface area contributed by atoms with Crippen LogP contribution in [0.4, 0.5) is 17.8 Å². The van der Waals surface area contributed by atoms with Crippen LogP contribution in [0.25, 0.3) is 0 Å². The molecule has 4 heterocycles. The highest BCUT2D eigenvalue weighted by Crippen LogP contribution is 2.27. The van der Waals surface area contributed by atoms with Gasteiger partial charge in [0.15, 0.2) is 0 Å². The van der Waals surface area contributed by atoms with Crippen molar-refractivity contribution in [3.05, 3.63) is 0 Å². The molecular weight excluding hydrogens is 332 g/mol. The van der Waals surface area contributed by atoms with Crippen molar-refractivity contribution >= 4 is 17.8 Å². The lowest BCUT2D eigenvalue weighted by atomic mass is 9.92. The molecule has 3 saturated heterocycles. The van der Waals surface area contributed by atoms with E-state index in [9.17, 15) is 0 Å². The van der Waals surface area contributed by atoms with E-state index >= 15 is 0 Å². The summed E-state index contributed by atoms with van der Waals surface area (Å²) >= 11 is 0. The van der Waals surface area contributed by atoms with Gasteiger partial charge in [-0.15, -0.1) is 0 Å². The quantitative estimate of drug-likeness (QED) is 0.790. The molecule has 0 unspecified atom stereocenters. The Morgan fingerprint density at radius 1 is 0.654 bits per heavy atom. The number of piperidine rings is 1. The molecule has 0 bridgehead atoms. The number of rotatable bonds is 3. The van der Waals surface area contributed by atoms with Crippen molar-refractivity contribution in [3.63, 3.8) is 0 Å². The number of ether oxygens (including phenoxy) is 2. The number of nitrogens with zero attached hydrogens (tertiary/aromatic N) is 6. The monoisotopic (exact) mass is 362 g/mol. The van der Waals surface area contributed by atoms with Gasteiger partial charge in [-0.1, -0.05) is 13.8 Å². The van der Waals surface area contributed by atoms with Crippen LogP contribution in [0.2, 0.25) is 0 Å². The molecule has 26 heavy (non-hydrogen) atoms. The minimum absolute atomic E-state index is 0.661. The Kier molecular flexibility index (Phi) is 5.40. The van der Waals surface area contributed by atoms with E-state index in [2.05, 4.69) is 28.5 Å². The Balaban J connectivity index is 1.64. The standard InChI is InChI=1S/C18H30N6O2/c1-14-11-15(2)13-24(12-14)18-20-16(22-3-7-25-8-4-22)19-17(21-18)23-5-9-26-10-6-23/h14-15H,3-13H2,1-2H3/t14-,15-/m0/s1. The van der Waals surface area contributed by atoms with Crippen molar-refractivity contribution in [2.24, 2.45) is 11.8 Å². The highest BCUT2D eigenvalue weighted by Gasteiger charge is 2.27. The van der Waals surface area contributed by atoms with E-state index in [1.165, 1.54) is 6.42 Å². The van der Waals surface area contributed by atoms with Gasteiger partial charge in [0.25, 0.3) is 0 Å². The third kappa shape index (κ3) is 4.01. The zero-order chi connectivity index (χ0) is 17.9. The Morgan fingerprint density at radius 3 is 1.46 bits per heavy atom. The van der Waals surface area contributed by atoms with E-state index < -0.39 is 0 Å². The zero-order valence-corrected chi connectivity index (χ0v) is 15.9. The molecule has 3 aliphatic rings. The average Bonchev–Trinajstić information content (AvgIpc) is 2.68. The Hall–Kier alpha value is -1.67. The molecule has 0 aromatic carbocycles. The van der Waals surface area contributed by atoms with E-state index in [-0.39, 0.29) is 0 Å². The predicted molar refractivity (Wildman–Crippen MR) is 101 cm³/mol.